The van der Waals surface area contributed by atoms with Crippen LogP contribution in [-0.2, 0) is 4.79 Å². The van der Waals surface area contributed by atoms with Crippen molar-refractivity contribution in [2.45, 2.75) is 0 Å². The zero-order valence-electron chi connectivity index (χ0n) is 11.6. The molecule has 0 atom stereocenters. The second-order valence-corrected chi connectivity index (χ2v) is 5.65. The molecule has 0 aliphatic heterocycles. The van der Waals surface area contributed by atoms with Crippen LogP contribution in [0, 0.1) is 0 Å². The van der Waals surface area contributed by atoms with E-state index in [-0.39, 0.29) is 12.5 Å². The number of ether oxygens (including phenoxy) is 1. The quantitative estimate of drug-likeness (QED) is 0.820. The topological polar surface area (TPSA) is 50.4 Å². The minimum atomic E-state index is -0.162. The van der Waals surface area contributed by atoms with Crippen LogP contribution in [0.4, 0.5) is 5.69 Å². The molecule has 7 heteroatoms. The summed E-state index contributed by atoms with van der Waals surface area (Å²) in [7, 11) is 1.69. The fourth-order valence-corrected chi connectivity index (χ4v) is 2.24. The molecule has 0 aliphatic rings. The van der Waals surface area contributed by atoms with Gasteiger partial charge in [0.25, 0.3) is 0 Å². The normalized spacial score (nSPS) is 10.4. The molecule has 2 N–H and O–H groups in total. The number of benzene rings is 2. The number of likely N-dealkylation sites (N-methyl/N-ethyl adjacent to an activating group) is 1. The third-order valence-corrected chi connectivity index (χ3v) is 3.51. The number of nitrogens with one attached hydrogen (secondary N) is 2. The average Bonchev–Trinajstić information content (AvgIpc) is 2.46. The number of carbonyl (C=O) groups excluding carboxylic acids is 1. The van der Waals surface area contributed by atoms with E-state index >= 15 is 0 Å². The summed E-state index contributed by atoms with van der Waals surface area (Å²) < 4.78 is 5.65. The lowest BCUT2D eigenvalue weighted by Gasteiger charge is -2.11. The van der Waals surface area contributed by atoms with E-state index in [1.165, 1.54) is 0 Å². The Kier molecular flexibility index (Phi) is 5.91. The molecule has 0 spiro atoms. The van der Waals surface area contributed by atoms with Gasteiger partial charge in [0.2, 0.25) is 5.91 Å². The summed E-state index contributed by atoms with van der Waals surface area (Å²) in [5.74, 6) is 0.658. The van der Waals surface area contributed by atoms with Gasteiger partial charge in [0.15, 0.2) is 0 Å². The Morgan fingerprint density at radius 2 is 1.82 bits per heavy atom. The summed E-state index contributed by atoms with van der Waals surface area (Å²) in [5, 5.41) is 6.74. The van der Waals surface area contributed by atoms with Crippen molar-refractivity contribution in [1.29, 1.82) is 0 Å². The largest absolute Gasteiger partial charge is 0.454 e. The number of amides is 1. The molecule has 2 aromatic rings. The highest BCUT2D eigenvalue weighted by Crippen LogP contribution is 2.36. The molecule has 0 unspecified atom stereocenters. The lowest BCUT2D eigenvalue weighted by Crippen LogP contribution is -2.24. The summed E-state index contributed by atoms with van der Waals surface area (Å²) in [6.07, 6.45) is 0. The van der Waals surface area contributed by atoms with Crippen molar-refractivity contribution in [2.75, 3.05) is 18.9 Å². The van der Waals surface area contributed by atoms with Crippen molar-refractivity contribution in [2.24, 2.45) is 0 Å². The van der Waals surface area contributed by atoms with Gasteiger partial charge >= 0.3 is 0 Å². The number of halogens is 3. The second-order valence-electron chi connectivity index (χ2n) is 4.40. The zero-order chi connectivity index (χ0) is 16.1. The fourth-order valence-electron chi connectivity index (χ4n) is 1.70. The van der Waals surface area contributed by atoms with Crippen LogP contribution < -0.4 is 15.4 Å². The maximum absolute atomic E-state index is 11.5. The lowest BCUT2D eigenvalue weighted by molar-refractivity contribution is -0.115. The molecule has 22 heavy (non-hydrogen) atoms. The van der Waals surface area contributed by atoms with Gasteiger partial charge in [-0.15, -0.1) is 0 Å². The van der Waals surface area contributed by atoms with Gasteiger partial charge in [0, 0.05) is 16.8 Å². The Hall–Kier alpha value is -1.46. The van der Waals surface area contributed by atoms with Crippen molar-refractivity contribution in [3.05, 3.63) is 51.5 Å². The third-order valence-electron chi connectivity index (χ3n) is 2.67. The van der Waals surface area contributed by atoms with Crippen LogP contribution in [0.25, 0.3) is 0 Å². The van der Waals surface area contributed by atoms with Crippen LogP contribution in [0.5, 0.6) is 11.5 Å². The number of hydrogen-bond acceptors (Lipinski definition) is 3. The molecule has 116 valence electrons. The van der Waals surface area contributed by atoms with Crippen molar-refractivity contribution in [3.8, 4) is 11.5 Å². The van der Waals surface area contributed by atoms with E-state index in [1.807, 2.05) is 0 Å². The van der Waals surface area contributed by atoms with E-state index in [4.69, 9.17) is 39.5 Å². The van der Waals surface area contributed by atoms with Gasteiger partial charge in [-0.2, -0.15) is 0 Å². The van der Waals surface area contributed by atoms with Crippen molar-refractivity contribution in [1.82, 2.24) is 5.32 Å². The SMILES string of the molecule is CNCC(=O)Nc1ccc(Oc2cc(Cl)ccc2Cl)c(Cl)c1. The monoisotopic (exact) mass is 358 g/mol. The lowest BCUT2D eigenvalue weighted by atomic mass is 10.3. The number of hydrogen-bond donors (Lipinski definition) is 2. The van der Waals surface area contributed by atoms with Gasteiger partial charge in [-0.3, -0.25) is 4.79 Å². The van der Waals surface area contributed by atoms with E-state index in [9.17, 15) is 4.79 Å². The van der Waals surface area contributed by atoms with Gasteiger partial charge in [-0.05, 0) is 37.4 Å². The Bertz CT molecular complexity index is 692. The fraction of sp³-hybridized carbons (Fsp3) is 0.133. The van der Waals surface area contributed by atoms with Crippen LogP contribution in [0.2, 0.25) is 15.1 Å². The number of carbonyl (C=O) groups is 1. The first-order valence-corrected chi connectivity index (χ1v) is 7.50. The summed E-state index contributed by atoms with van der Waals surface area (Å²) in [5.41, 5.74) is 0.579. The molecule has 0 radical (unpaired) electrons. The molecular weight excluding hydrogens is 347 g/mol. The average molecular weight is 360 g/mol. The van der Waals surface area contributed by atoms with Crippen molar-refractivity contribution < 1.29 is 9.53 Å². The predicted molar refractivity (Wildman–Crippen MR) is 90.5 cm³/mol. The predicted octanol–water partition coefficient (Wildman–Crippen LogP) is 4.60. The summed E-state index contributed by atoms with van der Waals surface area (Å²) in [6, 6.07) is 9.84. The first-order valence-electron chi connectivity index (χ1n) is 6.36. The van der Waals surface area contributed by atoms with E-state index in [0.29, 0.717) is 32.3 Å². The molecule has 4 nitrogen and oxygen atoms in total. The minimum Gasteiger partial charge on any atom is -0.454 e. The van der Waals surface area contributed by atoms with Crippen LogP contribution in [-0.4, -0.2) is 19.5 Å². The maximum atomic E-state index is 11.5. The first kappa shape index (κ1) is 16.9. The van der Waals surface area contributed by atoms with Gasteiger partial charge in [-0.1, -0.05) is 34.8 Å². The molecule has 0 fully saturated rings. The number of anilines is 1. The van der Waals surface area contributed by atoms with Crippen molar-refractivity contribution >= 4 is 46.4 Å². The first-order chi connectivity index (χ1) is 10.5. The van der Waals surface area contributed by atoms with Gasteiger partial charge in [0.05, 0.1) is 16.6 Å². The Morgan fingerprint density at radius 3 is 2.50 bits per heavy atom. The van der Waals surface area contributed by atoms with E-state index < -0.39 is 0 Å². The van der Waals surface area contributed by atoms with E-state index in [1.54, 1.807) is 43.4 Å². The van der Waals surface area contributed by atoms with Gasteiger partial charge in [-0.25, -0.2) is 0 Å². The number of rotatable bonds is 5. The Morgan fingerprint density at radius 1 is 1.05 bits per heavy atom. The summed E-state index contributed by atoms with van der Waals surface area (Å²) in [6.45, 7) is 0.216. The van der Waals surface area contributed by atoms with Crippen molar-refractivity contribution in [3.63, 3.8) is 0 Å². The standard InChI is InChI=1S/C15H13Cl3N2O2/c1-19-8-15(21)20-10-3-5-13(12(18)7-10)22-14-6-9(16)2-4-11(14)17/h2-7,19H,8H2,1H3,(H,20,21). The maximum Gasteiger partial charge on any atom is 0.238 e. The molecule has 0 saturated heterocycles. The smallest absolute Gasteiger partial charge is 0.238 e. The zero-order valence-corrected chi connectivity index (χ0v) is 13.9. The summed E-state index contributed by atoms with van der Waals surface area (Å²) in [4.78, 5) is 11.5. The molecule has 2 aromatic carbocycles. The molecule has 0 aromatic heterocycles. The molecule has 0 heterocycles. The Labute approximate surface area is 143 Å². The highest BCUT2D eigenvalue weighted by Gasteiger charge is 2.09. The second kappa shape index (κ2) is 7.70. The van der Waals surface area contributed by atoms with Crippen LogP contribution in [0.3, 0.4) is 0 Å². The minimum absolute atomic E-state index is 0.162. The molecular formula is C15H13Cl3N2O2. The third kappa shape index (κ3) is 4.52. The molecule has 0 saturated carbocycles. The van der Waals surface area contributed by atoms with E-state index in [2.05, 4.69) is 10.6 Å². The highest BCUT2D eigenvalue weighted by atomic mass is 35.5. The van der Waals surface area contributed by atoms with Gasteiger partial charge in [0.1, 0.15) is 11.5 Å². The van der Waals surface area contributed by atoms with E-state index in [0.717, 1.165) is 0 Å². The molecule has 0 aliphatic carbocycles. The van der Waals surface area contributed by atoms with Crippen LogP contribution in [0.1, 0.15) is 0 Å². The van der Waals surface area contributed by atoms with Gasteiger partial charge < -0.3 is 15.4 Å². The highest BCUT2D eigenvalue weighted by molar-refractivity contribution is 6.34. The van der Waals surface area contributed by atoms with Crippen LogP contribution in [0.15, 0.2) is 36.4 Å². The summed E-state index contributed by atoms with van der Waals surface area (Å²) >= 11 is 18.1. The molecule has 2 rings (SSSR count). The molecule has 0 bridgehead atoms. The Balaban J connectivity index is 2.16. The van der Waals surface area contributed by atoms with Crippen LogP contribution >= 0.6 is 34.8 Å². The molecule has 1 amide bonds.